The highest BCUT2D eigenvalue weighted by Gasteiger charge is 2.13. The number of esters is 1. The topological polar surface area (TPSA) is 26.3 Å². The van der Waals surface area contributed by atoms with Gasteiger partial charge in [0, 0.05) is 4.90 Å². The van der Waals surface area contributed by atoms with Gasteiger partial charge in [0.1, 0.15) is 0 Å². The first kappa shape index (κ1) is 12.2. The van der Waals surface area contributed by atoms with E-state index in [0.717, 1.165) is 12.8 Å². The van der Waals surface area contributed by atoms with Gasteiger partial charge in [0.2, 0.25) is 0 Å². The number of hydrogen-bond acceptors (Lipinski definition) is 3. The first-order valence-corrected chi connectivity index (χ1v) is 6.88. The lowest BCUT2D eigenvalue weighted by molar-refractivity contribution is -0.139. The molecule has 2 rings (SSSR count). The molecule has 3 heteroatoms. The molecule has 0 aliphatic heterocycles. The number of thioether (sulfide) groups is 1. The summed E-state index contributed by atoms with van der Waals surface area (Å²) in [6.45, 7) is 0. The van der Waals surface area contributed by atoms with E-state index in [1.165, 1.54) is 28.7 Å². The van der Waals surface area contributed by atoms with Crippen molar-refractivity contribution in [2.24, 2.45) is 0 Å². The fourth-order valence-electron chi connectivity index (χ4n) is 2.05. The standard InChI is InChI=1S/C14H16O2S/c1-16-14(15)8-10-3-4-12-9-13(17-2)6-5-11(12)7-10/h5-7,9H,3-4,8H2,1-2H3. The van der Waals surface area contributed by atoms with Crippen molar-refractivity contribution in [1.82, 2.24) is 0 Å². The van der Waals surface area contributed by atoms with Crippen LogP contribution in [0.1, 0.15) is 24.0 Å². The number of aryl methyl sites for hydroxylation is 1. The normalized spacial score (nSPS) is 13.9. The number of ether oxygens (including phenoxy) is 1. The minimum absolute atomic E-state index is 0.152. The summed E-state index contributed by atoms with van der Waals surface area (Å²) in [5.74, 6) is -0.152. The van der Waals surface area contributed by atoms with E-state index in [0.29, 0.717) is 6.42 Å². The molecule has 90 valence electrons. The highest BCUT2D eigenvalue weighted by molar-refractivity contribution is 7.98. The zero-order valence-electron chi connectivity index (χ0n) is 10.2. The Labute approximate surface area is 106 Å². The van der Waals surface area contributed by atoms with Gasteiger partial charge in [-0.2, -0.15) is 0 Å². The van der Waals surface area contributed by atoms with Crippen LogP contribution in [0.25, 0.3) is 6.08 Å². The fraction of sp³-hybridized carbons (Fsp3) is 0.357. The molecular weight excluding hydrogens is 232 g/mol. The molecule has 0 amide bonds. The molecule has 0 bridgehead atoms. The van der Waals surface area contributed by atoms with Gasteiger partial charge in [-0.05, 0) is 42.4 Å². The molecule has 0 atom stereocenters. The van der Waals surface area contributed by atoms with Crippen molar-refractivity contribution < 1.29 is 9.53 Å². The van der Waals surface area contributed by atoms with Gasteiger partial charge < -0.3 is 4.74 Å². The molecule has 1 aliphatic carbocycles. The van der Waals surface area contributed by atoms with Crippen LogP contribution in [0.3, 0.4) is 0 Å². The molecule has 0 saturated heterocycles. The van der Waals surface area contributed by atoms with Crippen molar-refractivity contribution in [2.45, 2.75) is 24.2 Å². The highest BCUT2D eigenvalue weighted by Crippen LogP contribution is 2.28. The van der Waals surface area contributed by atoms with Gasteiger partial charge in [-0.15, -0.1) is 11.8 Å². The Morgan fingerprint density at radius 1 is 1.41 bits per heavy atom. The van der Waals surface area contributed by atoms with Crippen LogP contribution < -0.4 is 0 Å². The Morgan fingerprint density at radius 3 is 2.94 bits per heavy atom. The van der Waals surface area contributed by atoms with Crippen molar-refractivity contribution in [3.05, 3.63) is 34.9 Å². The van der Waals surface area contributed by atoms with E-state index >= 15 is 0 Å². The summed E-state index contributed by atoms with van der Waals surface area (Å²) >= 11 is 1.76. The second-order valence-electron chi connectivity index (χ2n) is 4.12. The first-order chi connectivity index (χ1) is 8.22. The predicted molar refractivity (Wildman–Crippen MR) is 71.2 cm³/mol. The molecular formula is C14H16O2S. The summed E-state index contributed by atoms with van der Waals surface area (Å²) in [6, 6.07) is 6.50. The predicted octanol–water partition coefficient (Wildman–Crippen LogP) is 3.30. The van der Waals surface area contributed by atoms with Crippen LogP contribution in [-0.4, -0.2) is 19.3 Å². The minimum atomic E-state index is -0.152. The number of rotatable bonds is 3. The molecule has 0 N–H and O–H groups in total. The number of benzene rings is 1. The smallest absolute Gasteiger partial charge is 0.309 e. The maximum Gasteiger partial charge on any atom is 0.309 e. The molecule has 0 heterocycles. The molecule has 2 nitrogen and oxygen atoms in total. The molecule has 0 radical (unpaired) electrons. The van der Waals surface area contributed by atoms with Gasteiger partial charge >= 0.3 is 5.97 Å². The van der Waals surface area contributed by atoms with Crippen molar-refractivity contribution >= 4 is 23.8 Å². The number of carbonyl (C=O) groups is 1. The van der Waals surface area contributed by atoms with Crippen LogP contribution in [0.15, 0.2) is 28.7 Å². The van der Waals surface area contributed by atoms with Crippen LogP contribution >= 0.6 is 11.8 Å². The maximum atomic E-state index is 11.2. The number of methoxy groups -OCH3 is 1. The van der Waals surface area contributed by atoms with Gasteiger partial charge in [-0.25, -0.2) is 0 Å². The fourth-order valence-corrected chi connectivity index (χ4v) is 2.51. The van der Waals surface area contributed by atoms with Crippen LogP contribution in [0.4, 0.5) is 0 Å². The lowest BCUT2D eigenvalue weighted by Crippen LogP contribution is -2.06. The summed E-state index contributed by atoms with van der Waals surface area (Å²) in [6.07, 6.45) is 6.61. The van der Waals surface area contributed by atoms with Crippen molar-refractivity contribution in [3.8, 4) is 0 Å². The number of fused-ring (bicyclic) bond motifs is 1. The quantitative estimate of drug-likeness (QED) is 0.606. The van der Waals surface area contributed by atoms with Crippen molar-refractivity contribution in [3.63, 3.8) is 0 Å². The van der Waals surface area contributed by atoms with Crippen LogP contribution in [0.2, 0.25) is 0 Å². The zero-order valence-corrected chi connectivity index (χ0v) is 11.0. The van der Waals surface area contributed by atoms with Crippen LogP contribution in [-0.2, 0) is 16.0 Å². The summed E-state index contributed by atoms with van der Waals surface area (Å²) in [4.78, 5) is 12.5. The maximum absolute atomic E-state index is 11.2. The lowest BCUT2D eigenvalue weighted by atomic mass is 9.91. The Kier molecular flexibility index (Phi) is 3.89. The van der Waals surface area contributed by atoms with Crippen LogP contribution in [0.5, 0.6) is 0 Å². The summed E-state index contributed by atoms with van der Waals surface area (Å²) in [7, 11) is 1.43. The van der Waals surface area contributed by atoms with Crippen molar-refractivity contribution in [2.75, 3.05) is 13.4 Å². The largest absolute Gasteiger partial charge is 0.469 e. The summed E-state index contributed by atoms with van der Waals surface area (Å²) < 4.78 is 4.69. The van der Waals surface area contributed by atoms with E-state index in [4.69, 9.17) is 4.74 Å². The lowest BCUT2D eigenvalue weighted by Gasteiger charge is -2.16. The summed E-state index contributed by atoms with van der Waals surface area (Å²) in [5, 5.41) is 0. The molecule has 0 aromatic heterocycles. The van der Waals surface area contributed by atoms with E-state index in [-0.39, 0.29) is 5.97 Å². The third-order valence-corrected chi connectivity index (χ3v) is 3.75. The zero-order chi connectivity index (χ0) is 12.3. The van der Waals surface area contributed by atoms with Crippen LogP contribution in [0, 0.1) is 0 Å². The molecule has 1 aliphatic rings. The Morgan fingerprint density at radius 2 is 2.24 bits per heavy atom. The van der Waals surface area contributed by atoms with E-state index in [9.17, 15) is 4.79 Å². The van der Waals surface area contributed by atoms with Crippen molar-refractivity contribution in [1.29, 1.82) is 0 Å². The minimum Gasteiger partial charge on any atom is -0.469 e. The van der Waals surface area contributed by atoms with Gasteiger partial charge in [0.05, 0.1) is 13.5 Å². The second kappa shape index (κ2) is 5.41. The molecule has 17 heavy (non-hydrogen) atoms. The summed E-state index contributed by atoms with van der Waals surface area (Å²) in [5.41, 5.74) is 3.79. The monoisotopic (exact) mass is 248 g/mol. The van der Waals surface area contributed by atoms with E-state index in [1.807, 2.05) is 0 Å². The van der Waals surface area contributed by atoms with E-state index in [1.54, 1.807) is 11.8 Å². The highest BCUT2D eigenvalue weighted by atomic mass is 32.2. The average molecular weight is 248 g/mol. The van der Waals surface area contributed by atoms with E-state index < -0.39 is 0 Å². The van der Waals surface area contributed by atoms with Gasteiger partial charge in [0.15, 0.2) is 0 Å². The molecule has 1 aromatic rings. The molecule has 0 saturated carbocycles. The van der Waals surface area contributed by atoms with Gasteiger partial charge in [-0.3, -0.25) is 4.79 Å². The number of hydrogen-bond donors (Lipinski definition) is 0. The second-order valence-corrected chi connectivity index (χ2v) is 5.00. The Hall–Kier alpha value is -1.22. The molecule has 0 spiro atoms. The molecule has 0 unspecified atom stereocenters. The molecule has 0 fully saturated rings. The average Bonchev–Trinajstić information content (AvgIpc) is 2.38. The Balaban J connectivity index is 2.20. The molecule has 1 aromatic carbocycles. The SMILES string of the molecule is COC(=O)CC1=Cc2ccc(SC)cc2CC1. The third kappa shape index (κ3) is 2.91. The van der Waals surface area contributed by atoms with E-state index in [2.05, 4.69) is 30.5 Å². The third-order valence-electron chi connectivity index (χ3n) is 3.02. The number of carbonyl (C=O) groups excluding carboxylic acids is 1. The Bertz CT molecular complexity index is 463. The van der Waals surface area contributed by atoms with Gasteiger partial charge in [0.25, 0.3) is 0 Å². The first-order valence-electron chi connectivity index (χ1n) is 5.66. The van der Waals surface area contributed by atoms with Gasteiger partial charge in [-0.1, -0.05) is 17.7 Å².